The summed E-state index contributed by atoms with van der Waals surface area (Å²) >= 11 is 0. The molecule has 2 N–H and O–H groups in total. The van der Waals surface area contributed by atoms with Crippen LogP contribution in [0.5, 0.6) is 0 Å². The summed E-state index contributed by atoms with van der Waals surface area (Å²) in [5.41, 5.74) is 0.254. The van der Waals surface area contributed by atoms with Crippen LogP contribution >= 0.6 is 0 Å². The molecule has 12 nitrogen and oxygen atoms in total. The summed E-state index contributed by atoms with van der Waals surface area (Å²) in [5, 5.41) is 6.85. The average Bonchev–Trinajstić information content (AvgIpc) is 3.25. The summed E-state index contributed by atoms with van der Waals surface area (Å²) in [7, 11) is 1.56. The lowest BCUT2D eigenvalue weighted by atomic mass is 10.2. The number of imidazole rings is 1. The molecule has 1 atom stereocenters. The Bertz CT molecular complexity index is 1770. The average molecular weight is 547 g/mol. The molecule has 12 heteroatoms. The Kier molecular flexibility index (Phi) is 7.95. The van der Waals surface area contributed by atoms with Crippen LogP contribution in [0.15, 0.2) is 33.9 Å². The van der Waals surface area contributed by atoms with Gasteiger partial charge in [0.25, 0.3) is 5.56 Å². The minimum Gasteiger partial charge on any atom is -0.444 e. The quantitative estimate of drug-likeness (QED) is 0.337. The lowest BCUT2D eigenvalue weighted by Gasteiger charge is -2.22. The number of fused-ring (bicyclic) bond motifs is 2. The van der Waals surface area contributed by atoms with Gasteiger partial charge in [0.1, 0.15) is 11.4 Å². The molecule has 0 saturated heterocycles. The van der Waals surface area contributed by atoms with Crippen molar-refractivity contribution in [3.8, 4) is 11.8 Å². The maximum absolute atomic E-state index is 13.8. The van der Waals surface area contributed by atoms with Crippen LogP contribution in [-0.2, 0) is 24.9 Å². The van der Waals surface area contributed by atoms with Crippen molar-refractivity contribution in [3.63, 3.8) is 0 Å². The van der Waals surface area contributed by atoms with E-state index in [0.717, 1.165) is 21.2 Å². The molecule has 3 heterocycles. The number of nitrogens with one attached hydrogen (secondary N) is 2. The zero-order valence-electron chi connectivity index (χ0n) is 23.8. The van der Waals surface area contributed by atoms with Crippen molar-refractivity contribution in [1.29, 1.82) is 0 Å². The van der Waals surface area contributed by atoms with Gasteiger partial charge in [-0.25, -0.2) is 19.6 Å². The second kappa shape index (κ2) is 11.2. The van der Waals surface area contributed by atoms with Crippen molar-refractivity contribution in [1.82, 2.24) is 34.0 Å². The summed E-state index contributed by atoms with van der Waals surface area (Å²) in [4.78, 5) is 52.9. The molecule has 0 bridgehead atoms. The highest BCUT2D eigenvalue weighted by Crippen LogP contribution is 2.17. The predicted molar refractivity (Wildman–Crippen MR) is 153 cm³/mol. The van der Waals surface area contributed by atoms with Crippen LogP contribution in [0.1, 0.15) is 46.1 Å². The molecule has 0 aliphatic heterocycles. The van der Waals surface area contributed by atoms with Crippen LogP contribution in [-0.4, -0.2) is 52.9 Å². The first-order chi connectivity index (χ1) is 18.9. The molecular formula is C28H34N8O4. The first kappa shape index (κ1) is 28.4. The second-order valence-electron chi connectivity index (χ2n) is 10.5. The number of carbonyl (C=O) groups is 1. The van der Waals surface area contributed by atoms with E-state index < -0.39 is 22.9 Å². The van der Waals surface area contributed by atoms with Gasteiger partial charge in [0.2, 0.25) is 5.95 Å². The normalized spacial score (nSPS) is 12.2. The Labute approximate surface area is 231 Å². The number of para-hydroxylation sites is 1. The molecule has 0 saturated carbocycles. The molecule has 1 amide bonds. The number of alkyl carbamates (subject to hydrolysis) is 1. The fourth-order valence-electron chi connectivity index (χ4n) is 4.27. The van der Waals surface area contributed by atoms with Gasteiger partial charge in [0, 0.05) is 30.7 Å². The van der Waals surface area contributed by atoms with Gasteiger partial charge in [0.05, 0.1) is 18.6 Å². The van der Waals surface area contributed by atoms with E-state index in [2.05, 4.69) is 37.4 Å². The molecule has 3 aromatic heterocycles. The fraction of sp³-hybridized carbons (Fsp3) is 0.429. The number of benzene rings is 1. The number of rotatable bonds is 7. The van der Waals surface area contributed by atoms with E-state index in [1.54, 1.807) is 39.3 Å². The monoisotopic (exact) mass is 546 g/mol. The van der Waals surface area contributed by atoms with Crippen LogP contribution in [0.4, 0.5) is 10.7 Å². The Morgan fingerprint density at radius 1 is 1.12 bits per heavy atom. The number of carbonyl (C=O) groups excluding carboxylic acids is 1. The Morgan fingerprint density at radius 2 is 1.85 bits per heavy atom. The lowest BCUT2D eigenvalue weighted by molar-refractivity contribution is 0.0511. The van der Waals surface area contributed by atoms with Gasteiger partial charge in [0.15, 0.2) is 11.2 Å². The number of amides is 1. The molecule has 4 rings (SSSR count). The van der Waals surface area contributed by atoms with Crippen molar-refractivity contribution in [2.45, 2.75) is 66.3 Å². The number of aryl methyl sites for hydroxylation is 2. The maximum Gasteiger partial charge on any atom is 0.407 e. The number of hydrogen-bond acceptors (Lipinski definition) is 8. The molecule has 210 valence electrons. The smallest absolute Gasteiger partial charge is 0.407 e. The van der Waals surface area contributed by atoms with Crippen LogP contribution in [0.2, 0.25) is 0 Å². The van der Waals surface area contributed by atoms with Gasteiger partial charge < -0.3 is 15.4 Å². The summed E-state index contributed by atoms with van der Waals surface area (Å²) in [6, 6.07) is 7.26. The first-order valence-electron chi connectivity index (χ1n) is 12.9. The fourth-order valence-corrected chi connectivity index (χ4v) is 4.27. The number of nitrogens with zero attached hydrogens (tertiary/aromatic N) is 6. The number of ether oxygens (including phenoxy) is 1. The second-order valence-corrected chi connectivity index (χ2v) is 10.5. The molecular weight excluding hydrogens is 512 g/mol. The number of anilines is 1. The van der Waals surface area contributed by atoms with E-state index in [9.17, 15) is 14.4 Å². The molecule has 0 aliphatic rings. The van der Waals surface area contributed by atoms with E-state index in [1.807, 2.05) is 38.1 Å². The highest BCUT2D eigenvalue weighted by molar-refractivity contribution is 5.80. The number of aromatic nitrogens is 6. The third kappa shape index (κ3) is 5.98. The zero-order chi connectivity index (χ0) is 29.2. The van der Waals surface area contributed by atoms with Gasteiger partial charge in [-0.1, -0.05) is 24.1 Å². The van der Waals surface area contributed by atoms with Crippen molar-refractivity contribution in [2.24, 2.45) is 7.05 Å². The molecule has 0 unspecified atom stereocenters. The summed E-state index contributed by atoms with van der Waals surface area (Å²) in [5.74, 6) is 6.51. The predicted octanol–water partition coefficient (Wildman–Crippen LogP) is 2.55. The molecule has 1 aromatic carbocycles. The maximum atomic E-state index is 13.8. The third-order valence-electron chi connectivity index (χ3n) is 6.12. The van der Waals surface area contributed by atoms with Gasteiger partial charge in [-0.05, 0) is 47.6 Å². The molecule has 0 radical (unpaired) electrons. The van der Waals surface area contributed by atoms with E-state index in [-0.39, 0.29) is 36.8 Å². The minimum absolute atomic E-state index is 0.0998. The Hall–Kier alpha value is -4.66. The molecule has 0 fully saturated rings. The van der Waals surface area contributed by atoms with E-state index in [4.69, 9.17) is 4.74 Å². The SMILES string of the molecule is CC#CCn1c(NC[C@H](C)NC(=O)OC(C)(C)C)nc2c1c(=O)n(Cc1nc(C)c3ccccc3n1)c(=O)n2C. The molecule has 0 spiro atoms. The number of hydrogen-bond donors (Lipinski definition) is 2. The van der Waals surface area contributed by atoms with E-state index >= 15 is 0 Å². The van der Waals surface area contributed by atoms with Crippen molar-refractivity contribution >= 4 is 34.1 Å². The van der Waals surface area contributed by atoms with Crippen molar-refractivity contribution in [2.75, 3.05) is 11.9 Å². The van der Waals surface area contributed by atoms with Crippen LogP contribution in [0, 0.1) is 18.8 Å². The van der Waals surface area contributed by atoms with Gasteiger partial charge in [-0.15, -0.1) is 5.92 Å². The van der Waals surface area contributed by atoms with E-state index in [1.165, 1.54) is 4.57 Å². The highest BCUT2D eigenvalue weighted by Gasteiger charge is 2.22. The topological polar surface area (TPSA) is 138 Å². The molecule has 4 aromatic rings. The molecule has 40 heavy (non-hydrogen) atoms. The summed E-state index contributed by atoms with van der Waals surface area (Å²) in [6.07, 6.45) is -0.538. The lowest BCUT2D eigenvalue weighted by Crippen LogP contribution is -2.41. The van der Waals surface area contributed by atoms with Crippen molar-refractivity contribution in [3.05, 3.63) is 56.6 Å². The van der Waals surface area contributed by atoms with Gasteiger partial charge in [-0.3, -0.25) is 18.5 Å². The first-order valence-corrected chi connectivity index (χ1v) is 12.9. The zero-order valence-corrected chi connectivity index (χ0v) is 23.8. The Balaban J connectivity index is 1.71. The largest absolute Gasteiger partial charge is 0.444 e. The van der Waals surface area contributed by atoms with Crippen molar-refractivity contribution < 1.29 is 9.53 Å². The standard InChI is InChI=1S/C28H34N8O4/c1-8-9-14-35-22-23(33-25(35)29-15-17(2)30-26(38)40-28(4,5)6)34(7)27(39)36(24(22)37)16-21-31-18(3)19-12-10-11-13-20(19)32-21/h10-13,17H,14-16H2,1-7H3,(H,29,33)(H,30,38)/t17-/m0/s1. The van der Waals surface area contributed by atoms with Crippen LogP contribution in [0.3, 0.4) is 0 Å². The van der Waals surface area contributed by atoms with Crippen LogP contribution < -0.4 is 21.9 Å². The Morgan fingerprint density at radius 3 is 2.55 bits per heavy atom. The van der Waals surface area contributed by atoms with Gasteiger partial charge in [-0.2, -0.15) is 4.98 Å². The summed E-state index contributed by atoms with van der Waals surface area (Å²) < 4.78 is 9.39. The highest BCUT2D eigenvalue weighted by atomic mass is 16.6. The third-order valence-corrected chi connectivity index (χ3v) is 6.12. The van der Waals surface area contributed by atoms with Gasteiger partial charge >= 0.3 is 11.8 Å². The van der Waals surface area contributed by atoms with Crippen LogP contribution in [0.25, 0.3) is 22.1 Å². The minimum atomic E-state index is -0.620. The van der Waals surface area contributed by atoms with E-state index in [0.29, 0.717) is 11.8 Å². The molecule has 0 aliphatic carbocycles. The summed E-state index contributed by atoms with van der Waals surface area (Å²) in [6.45, 7) is 11.1.